The van der Waals surface area contributed by atoms with Crippen molar-refractivity contribution in [2.45, 2.75) is 26.0 Å². The molecule has 2 heterocycles. The molecule has 1 fully saturated rings. The highest BCUT2D eigenvalue weighted by molar-refractivity contribution is 5.47. The number of anilines is 1. The molecule has 2 N–H and O–H groups in total. The summed E-state index contributed by atoms with van der Waals surface area (Å²) in [6.07, 6.45) is 2.66. The lowest BCUT2D eigenvalue weighted by Gasteiger charge is -2.21. The first-order valence-electron chi connectivity index (χ1n) is 6.24. The van der Waals surface area contributed by atoms with Gasteiger partial charge in [-0.2, -0.15) is 0 Å². The number of aliphatic hydroxyl groups excluding tert-OH is 1. The van der Waals surface area contributed by atoms with E-state index < -0.39 is 0 Å². The number of aliphatic hydroxyl groups is 1. The van der Waals surface area contributed by atoms with Crippen LogP contribution in [0, 0.1) is 5.92 Å². The molecular formula is C13H21N3O. The molecule has 0 radical (unpaired) electrons. The van der Waals surface area contributed by atoms with Gasteiger partial charge in [-0.3, -0.25) is 0 Å². The Bertz CT molecular complexity index is 367. The van der Waals surface area contributed by atoms with Crippen LogP contribution in [0.1, 0.15) is 18.9 Å². The van der Waals surface area contributed by atoms with Crippen LogP contribution >= 0.6 is 0 Å². The lowest BCUT2D eigenvalue weighted by molar-refractivity contribution is 0.136. The minimum atomic E-state index is -0.225. The van der Waals surface area contributed by atoms with Gasteiger partial charge in [0.25, 0.3) is 0 Å². The van der Waals surface area contributed by atoms with Gasteiger partial charge in [-0.05, 0) is 26.5 Å². The number of nitrogens with one attached hydrogen (secondary N) is 1. The van der Waals surface area contributed by atoms with Crippen LogP contribution in [0.4, 0.5) is 5.82 Å². The first-order chi connectivity index (χ1) is 8.22. The fraction of sp³-hybridized carbons (Fsp3) is 0.615. The van der Waals surface area contributed by atoms with Crippen LogP contribution in [0.15, 0.2) is 18.3 Å². The summed E-state index contributed by atoms with van der Waals surface area (Å²) in [6.45, 7) is 4.61. The molecule has 2 unspecified atom stereocenters. The third-order valence-electron chi connectivity index (χ3n) is 3.44. The Morgan fingerprint density at radius 1 is 1.65 bits per heavy atom. The average molecular weight is 235 g/mol. The van der Waals surface area contributed by atoms with E-state index in [1.807, 2.05) is 26.2 Å². The molecule has 0 aromatic carbocycles. The highest BCUT2D eigenvalue weighted by Gasteiger charge is 2.27. The Morgan fingerprint density at radius 3 is 3.12 bits per heavy atom. The SMILES string of the molecule is CNCc1cccnc1N1CCC(C(C)O)C1. The molecule has 17 heavy (non-hydrogen) atoms. The molecule has 0 saturated carbocycles. The highest BCUT2D eigenvalue weighted by Crippen LogP contribution is 2.26. The highest BCUT2D eigenvalue weighted by atomic mass is 16.3. The zero-order valence-corrected chi connectivity index (χ0v) is 10.6. The molecule has 1 saturated heterocycles. The third kappa shape index (κ3) is 2.76. The van der Waals surface area contributed by atoms with E-state index in [1.165, 1.54) is 5.56 Å². The normalized spacial score (nSPS) is 21.8. The van der Waals surface area contributed by atoms with E-state index in [0.717, 1.165) is 31.9 Å². The van der Waals surface area contributed by atoms with Gasteiger partial charge in [-0.15, -0.1) is 0 Å². The summed E-state index contributed by atoms with van der Waals surface area (Å²) in [5, 5.41) is 12.8. The smallest absolute Gasteiger partial charge is 0.133 e. The second-order valence-corrected chi connectivity index (χ2v) is 4.75. The van der Waals surface area contributed by atoms with Crippen molar-refractivity contribution in [1.82, 2.24) is 10.3 Å². The molecule has 0 bridgehead atoms. The summed E-state index contributed by atoms with van der Waals surface area (Å²) in [5.74, 6) is 1.43. The Morgan fingerprint density at radius 2 is 2.47 bits per heavy atom. The standard InChI is InChI=1S/C13H21N3O/c1-10(17)12-5-7-16(9-12)13-11(8-14-2)4-3-6-15-13/h3-4,6,10,12,14,17H,5,7-9H2,1-2H3. The van der Waals surface area contributed by atoms with Gasteiger partial charge < -0.3 is 15.3 Å². The van der Waals surface area contributed by atoms with Crippen LogP contribution in [-0.2, 0) is 6.54 Å². The Kier molecular flexibility index (Phi) is 3.97. The molecule has 1 aliphatic heterocycles. The first kappa shape index (κ1) is 12.3. The van der Waals surface area contributed by atoms with Crippen molar-refractivity contribution in [3.05, 3.63) is 23.9 Å². The number of hydrogen-bond acceptors (Lipinski definition) is 4. The predicted molar refractivity (Wildman–Crippen MR) is 69.0 cm³/mol. The fourth-order valence-corrected chi connectivity index (χ4v) is 2.42. The van der Waals surface area contributed by atoms with Gasteiger partial charge in [-0.1, -0.05) is 6.07 Å². The maximum absolute atomic E-state index is 9.63. The average Bonchev–Trinajstić information content (AvgIpc) is 2.79. The van der Waals surface area contributed by atoms with E-state index in [4.69, 9.17) is 0 Å². The zero-order valence-electron chi connectivity index (χ0n) is 10.6. The van der Waals surface area contributed by atoms with Crippen LogP contribution in [-0.4, -0.2) is 36.3 Å². The van der Waals surface area contributed by atoms with Crippen molar-refractivity contribution in [3.63, 3.8) is 0 Å². The monoisotopic (exact) mass is 235 g/mol. The van der Waals surface area contributed by atoms with E-state index in [9.17, 15) is 5.11 Å². The largest absolute Gasteiger partial charge is 0.393 e. The van der Waals surface area contributed by atoms with Crippen LogP contribution < -0.4 is 10.2 Å². The summed E-state index contributed by atoms with van der Waals surface area (Å²) in [7, 11) is 1.94. The summed E-state index contributed by atoms with van der Waals surface area (Å²) in [6, 6.07) is 4.08. The van der Waals surface area contributed by atoms with Crippen molar-refractivity contribution < 1.29 is 5.11 Å². The molecular weight excluding hydrogens is 214 g/mol. The summed E-state index contributed by atoms with van der Waals surface area (Å²) < 4.78 is 0. The summed E-state index contributed by atoms with van der Waals surface area (Å²) in [4.78, 5) is 6.76. The van der Waals surface area contributed by atoms with E-state index >= 15 is 0 Å². The van der Waals surface area contributed by atoms with Gasteiger partial charge in [0.1, 0.15) is 5.82 Å². The number of aromatic nitrogens is 1. The number of hydrogen-bond donors (Lipinski definition) is 2. The second kappa shape index (κ2) is 5.47. The molecule has 0 aliphatic carbocycles. The van der Waals surface area contributed by atoms with E-state index in [0.29, 0.717) is 5.92 Å². The van der Waals surface area contributed by atoms with Crippen molar-refractivity contribution >= 4 is 5.82 Å². The molecule has 0 spiro atoms. The minimum Gasteiger partial charge on any atom is -0.393 e. The summed E-state index contributed by atoms with van der Waals surface area (Å²) >= 11 is 0. The molecule has 94 valence electrons. The quantitative estimate of drug-likeness (QED) is 0.817. The Hall–Kier alpha value is -1.13. The van der Waals surface area contributed by atoms with Crippen LogP contribution in [0.5, 0.6) is 0 Å². The minimum absolute atomic E-state index is 0.225. The summed E-state index contributed by atoms with van der Waals surface area (Å²) in [5.41, 5.74) is 1.22. The lowest BCUT2D eigenvalue weighted by Crippen LogP contribution is -2.26. The van der Waals surface area contributed by atoms with E-state index in [1.54, 1.807) is 0 Å². The maximum Gasteiger partial charge on any atom is 0.133 e. The Labute approximate surface area is 103 Å². The third-order valence-corrected chi connectivity index (χ3v) is 3.44. The first-order valence-corrected chi connectivity index (χ1v) is 6.24. The number of pyridine rings is 1. The predicted octanol–water partition coefficient (Wildman–Crippen LogP) is 1.01. The second-order valence-electron chi connectivity index (χ2n) is 4.75. The van der Waals surface area contributed by atoms with Crippen LogP contribution in [0.3, 0.4) is 0 Å². The number of rotatable bonds is 4. The Balaban J connectivity index is 2.12. The maximum atomic E-state index is 9.63. The molecule has 1 aromatic heterocycles. The van der Waals surface area contributed by atoms with E-state index in [-0.39, 0.29) is 6.10 Å². The lowest BCUT2D eigenvalue weighted by atomic mass is 10.0. The molecule has 0 amide bonds. The zero-order chi connectivity index (χ0) is 12.3. The van der Waals surface area contributed by atoms with Gasteiger partial charge in [0.15, 0.2) is 0 Å². The van der Waals surface area contributed by atoms with Gasteiger partial charge in [0.05, 0.1) is 6.10 Å². The topological polar surface area (TPSA) is 48.4 Å². The van der Waals surface area contributed by atoms with Crippen molar-refractivity contribution in [2.24, 2.45) is 5.92 Å². The number of nitrogens with zero attached hydrogens (tertiary/aromatic N) is 2. The van der Waals surface area contributed by atoms with Crippen LogP contribution in [0.25, 0.3) is 0 Å². The fourth-order valence-electron chi connectivity index (χ4n) is 2.42. The van der Waals surface area contributed by atoms with Crippen molar-refractivity contribution in [3.8, 4) is 0 Å². The van der Waals surface area contributed by atoms with Crippen molar-refractivity contribution in [1.29, 1.82) is 0 Å². The van der Waals surface area contributed by atoms with E-state index in [2.05, 4.69) is 21.3 Å². The van der Waals surface area contributed by atoms with Crippen molar-refractivity contribution in [2.75, 3.05) is 25.0 Å². The molecule has 2 rings (SSSR count). The molecule has 1 aliphatic rings. The van der Waals surface area contributed by atoms with Gasteiger partial charge in [-0.25, -0.2) is 4.98 Å². The van der Waals surface area contributed by atoms with Gasteiger partial charge in [0, 0.05) is 37.3 Å². The van der Waals surface area contributed by atoms with Gasteiger partial charge in [0.2, 0.25) is 0 Å². The molecule has 4 nitrogen and oxygen atoms in total. The molecule has 1 aromatic rings. The molecule has 4 heteroatoms. The van der Waals surface area contributed by atoms with Gasteiger partial charge >= 0.3 is 0 Å². The molecule has 2 atom stereocenters. The van der Waals surface area contributed by atoms with Crippen LogP contribution in [0.2, 0.25) is 0 Å².